The predicted octanol–water partition coefficient (Wildman–Crippen LogP) is 3.99. The molecule has 3 aromatic heterocycles. The molecule has 0 saturated heterocycles. The molecule has 0 fully saturated rings. The Bertz CT molecular complexity index is 1660. The number of halogens is 3. The van der Waals surface area contributed by atoms with Gasteiger partial charge in [-0.05, 0) is 23.1 Å². The molecule has 0 amide bonds. The second kappa shape index (κ2) is 8.95. The van der Waals surface area contributed by atoms with Gasteiger partial charge in [0.1, 0.15) is 0 Å². The topological polar surface area (TPSA) is 122 Å². The smallest absolute Gasteiger partial charge is 0.296 e. The average molecular weight is 496 g/mol. The highest BCUT2D eigenvalue weighted by atomic mass is 19.4. The molecule has 0 aliphatic heterocycles. The lowest BCUT2D eigenvalue weighted by molar-refractivity contribution is -0.144. The Balaban J connectivity index is 1.51. The Labute approximate surface area is 200 Å². The largest absolute Gasteiger partial charge is 0.453 e. The van der Waals surface area contributed by atoms with Crippen LogP contribution in [0.2, 0.25) is 0 Å². The van der Waals surface area contributed by atoms with Gasteiger partial charge in [0, 0.05) is 17.5 Å². The summed E-state index contributed by atoms with van der Waals surface area (Å²) in [5.41, 5.74) is 3.32. The minimum Gasteiger partial charge on any atom is -0.296 e. The molecule has 0 bridgehead atoms. The third-order valence-corrected chi connectivity index (χ3v) is 5.72. The summed E-state index contributed by atoms with van der Waals surface area (Å²) in [5, 5.41) is 7.37. The van der Waals surface area contributed by atoms with E-state index in [0.29, 0.717) is 35.5 Å². The molecule has 0 saturated carbocycles. The first-order valence-corrected chi connectivity index (χ1v) is 11.1. The van der Waals surface area contributed by atoms with Crippen molar-refractivity contribution < 1.29 is 17.7 Å². The maximum absolute atomic E-state index is 13.2. The number of rotatable bonds is 6. The number of nitrogens with zero attached hydrogens (tertiary/aromatic N) is 4. The fraction of sp³-hybridized carbons (Fsp3) is 0.208. The van der Waals surface area contributed by atoms with Gasteiger partial charge in [-0.2, -0.15) is 18.2 Å². The minimum atomic E-state index is -4.72. The molecule has 5 aromatic rings. The Hall–Kier alpha value is -4.48. The molecular formula is C24H19F3N6O3. The van der Waals surface area contributed by atoms with E-state index in [-0.39, 0.29) is 12.2 Å². The number of aryl methyl sites for hydroxylation is 1. The highest BCUT2D eigenvalue weighted by molar-refractivity contribution is 5.80. The monoisotopic (exact) mass is 496 g/mol. The number of nitrogens with one attached hydrogen (secondary N) is 2. The number of fused-ring (bicyclic) bond motifs is 1. The first-order chi connectivity index (χ1) is 17.2. The molecule has 36 heavy (non-hydrogen) atoms. The van der Waals surface area contributed by atoms with E-state index < -0.39 is 23.3 Å². The minimum absolute atomic E-state index is 0.195. The average Bonchev–Trinajstić information content (AvgIpc) is 3.48. The van der Waals surface area contributed by atoms with Gasteiger partial charge in [0.05, 0.1) is 5.69 Å². The Morgan fingerprint density at radius 3 is 2.36 bits per heavy atom. The highest BCUT2D eigenvalue weighted by Gasteiger charge is 2.37. The van der Waals surface area contributed by atoms with Crippen molar-refractivity contribution in [3.8, 4) is 22.5 Å². The SMILES string of the molecule is CCCc1c(Cc2ccc(-c3ccccc3-c3noc(=O)[nH]3)cc2)c(=O)[nH]c2nc(C(F)(F)F)nn12. The number of benzene rings is 2. The summed E-state index contributed by atoms with van der Waals surface area (Å²) < 4.78 is 45.1. The van der Waals surface area contributed by atoms with Crippen molar-refractivity contribution in [3.63, 3.8) is 0 Å². The van der Waals surface area contributed by atoms with Crippen LogP contribution in [0.15, 0.2) is 62.6 Å². The lowest BCUT2D eigenvalue weighted by atomic mass is 9.96. The molecular weight excluding hydrogens is 477 g/mol. The van der Waals surface area contributed by atoms with E-state index >= 15 is 0 Å². The molecule has 0 aliphatic carbocycles. The quantitative estimate of drug-likeness (QED) is 0.367. The summed E-state index contributed by atoms with van der Waals surface area (Å²) in [7, 11) is 0. The van der Waals surface area contributed by atoms with Crippen LogP contribution in [0.5, 0.6) is 0 Å². The molecule has 0 spiro atoms. The number of hydrogen-bond donors (Lipinski definition) is 2. The van der Waals surface area contributed by atoms with E-state index in [1.807, 2.05) is 49.4 Å². The number of alkyl halides is 3. The van der Waals surface area contributed by atoms with Crippen molar-refractivity contribution in [2.75, 3.05) is 0 Å². The van der Waals surface area contributed by atoms with E-state index in [9.17, 15) is 22.8 Å². The fourth-order valence-corrected chi connectivity index (χ4v) is 4.11. The van der Waals surface area contributed by atoms with Gasteiger partial charge >= 0.3 is 11.9 Å². The van der Waals surface area contributed by atoms with Crippen LogP contribution in [0, 0.1) is 0 Å². The van der Waals surface area contributed by atoms with Gasteiger partial charge in [0.25, 0.3) is 11.4 Å². The Morgan fingerprint density at radius 1 is 1.00 bits per heavy atom. The van der Waals surface area contributed by atoms with Crippen LogP contribution >= 0.6 is 0 Å². The second-order valence-corrected chi connectivity index (χ2v) is 8.16. The third kappa shape index (κ3) is 4.32. The molecule has 0 atom stereocenters. The first-order valence-electron chi connectivity index (χ1n) is 11.1. The number of hydrogen-bond acceptors (Lipinski definition) is 6. The molecule has 2 aromatic carbocycles. The first kappa shape index (κ1) is 23.3. The summed E-state index contributed by atoms with van der Waals surface area (Å²) in [6.07, 6.45) is -3.57. The van der Waals surface area contributed by atoms with Gasteiger partial charge in [-0.3, -0.25) is 19.3 Å². The van der Waals surface area contributed by atoms with E-state index in [1.165, 1.54) is 0 Å². The molecule has 184 valence electrons. The van der Waals surface area contributed by atoms with Crippen LogP contribution < -0.4 is 11.3 Å². The third-order valence-electron chi connectivity index (χ3n) is 5.72. The molecule has 0 radical (unpaired) electrons. The second-order valence-electron chi connectivity index (χ2n) is 8.16. The lowest BCUT2D eigenvalue weighted by Crippen LogP contribution is -2.21. The standard InChI is InChI=1S/C24H19F3N6O3/c1-2-5-18-17(20(34)29-22-30-21(24(25,26)27)31-33(18)22)12-13-8-10-14(11-9-13)15-6-3-4-7-16(15)19-28-23(35)36-32-19/h3-4,6-11H,2,5,12H2,1H3,(H,28,32,35)(H,29,30,31,34). The summed E-state index contributed by atoms with van der Waals surface area (Å²) in [6, 6.07) is 14.7. The van der Waals surface area contributed by atoms with Crippen LogP contribution in [0.1, 0.15) is 36.0 Å². The highest BCUT2D eigenvalue weighted by Crippen LogP contribution is 2.30. The van der Waals surface area contributed by atoms with Crippen LogP contribution in [0.25, 0.3) is 28.3 Å². The summed E-state index contributed by atoms with van der Waals surface area (Å²) in [5.74, 6) is -1.90. The summed E-state index contributed by atoms with van der Waals surface area (Å²) in [6.45, 7) is 1.87. The molecule has 12 heteroatoms. The molecule has 2 N–H and O–H groups in total. The van der Waals surface area contributed by atoms with Gasteiger partial charge in [-0.15, -0.1) is 5.10 Å². The number of H-pyrrole nitrogens is 2. The van der Waals surface area contributed by atoms with Crippen LogP contribution in [-0.4, -0.2) is 29.7 Å². The normalized spacial score (nSPS) is 11.9. The van der Waals surface area contributed by atoms with Crippen molar-refractivity contribution in [2.24, 2.45) is 0 Å². The van der Waals surface area contributed by atoms with Crippen molar-refractivity contribution in [1.29, 1.82) is 0 Å². The van der Waals surface area contributed by atoms with Crippen molar-refractivity contribution >= 4 is 5.78 Å². The van der Waals surface area contributed by atoms with Gasteiger partial charge in [-0.25, -0.2) is 9.31 Å². The predicted molar refractivity (Wildman–Crippen MR) is 123 cm³/mol. The van der Waals surface area contributed by atoms with E-state index in [0.717, 1.165) is 21.2 Å². The van der Waals surface area contributed by atoms with Crippen LogP contribution in [-0.2, 0) is 19.0 Å². The fourth-order valence-electron chi connectivity index (χ4n) is 4.11. The number of aromatic nitrogens is 6. The Morgan fingerprint density at radius 2 is 1.72 bits per heavy atom. The van der Waals surface area contributed by atoms with Crippen LogP contribution in [0.3, 0.4) is 0 Å². The molecule has 3 heterocycles. The van der Waals surface area contributed by atoms with Crippen molar-refractivity contribution in [2.45, 2.75) is 32.4 Å². The van der Waals surface area contributed by atoms with Gasteiger partial charge < -0.3 is 0 Å². The Kier molecular flexibility index (Phi) is 5.78. The molecule has 9 nitrogen and oxygen atoms in total. The maximum atomic E-state index is 13.2. The number of aromatic amines is 2. The molecule has 5 rings (SSSR count). The van der Waals surface area contributed by atoms with E-state index in [1.54, 1.807) is 6.07 Å². The maximum Gasteiger partial charge on any atom is 0.453 e. The van der Waals surface area contributed by atoms with Gasteiger partial charge in [0.2, 0.25) is 5.78 Å². The van der Waals surface area contributed by atoms with Crippen LogP contribution in [0.4, 0.5) is 13.2 Å². The lowest BCUT2D eigenvalue weighted by Gasteiger charge is -2.11. The zero-order chi connectivity index (χ0) is 25.4. The zero-order valence-electron chi connectivity index (χ0n) is 18.9. The summed E-state index contributed by atoms with van der Waals surface area (Å²) in [4.78, 5) is 32.6. The zero-order valence-corrected chi connectivity index (χ0v) is 18.9. The van der Waals surface area contributed by atoms with E-state index in [4.69, 9.17) is 0 Å². The molecule has 0 unspecified atom stereocenters. The van der Waals surface area contributed by atoms with Crippen molar-refractivity contribution in [3.05, 3.63) is 92.1 Å². The van der Waals surface area contributed by atoms with Gasteiger partial charge in [0.15, 0.2) is 5.82 Å². The summed E-state index contributed by atoms with van der Waals surface area (Å²) >= 11 is 0. The van der Waals surface area contributed by atoms with Gasteiger partial charge in [-0.1, -0.05) is 67.0 Å². The van der Waals surface area contributed by atoms with Crippen molar-refractivity contribution in [1.82, 2.24) is 29.7 Å². The molecule has 0 aliphatic rings. The van der Waals surface area contributed by atoms with E-state index in [2.05, 4.69) is 29.7 Å².